The zero-order chi connectivity index (χ0) is 20.4. The van der Waals surface area contributed by atoms with Gasteiger partial charge in [0.15, 0.2) is 5.78 Å². The fourth-order valence-electron chi connectivity index (χ4n) is 4.63. The van der Waals surface area contributed by atoms with Gasteiger partial charge in [0.1, 0.15) is 12.4 Å². The average molecular weight is 448 g/mol. The van der Waals surface area contributed by atoms with Gasteiger partial charge < -0.3 is 9.94 Å². The van der Waals surface area contributed by atoms with Crippen LogP contribution >= 0.6 is 15.9 Å². The van der Waals surface area contributed by atoms with E-state index < -0.39 is 0 Å². The fraction of sp³-hybridized carbons (Fsp3) is 0.565. The molecule has 0 bridgehead atoms. The standard InChI is InChI=1S/C23H30BrNO3/c1-5-8-18(25-28-6-2)22-19(26)11-15(12-20(22)27)21-17-10-7-9-16(17)13(3)14(4)23(21)24/h15,26H,5-12H2,1-4H3. The fourth-order valence-corrected chi connectivity index (χ4v) is 5.49. The number of halogens is 1. The van der Waals surface area contributed by atoms with Gasteiger partial charge in [-0.05, 0) is 80.2 Å². The molecule has 152 valence electrons. The molecule has 1 aromatic carbocycles. The zero-order valence-corrected chi connectivity index (χ0v) is 18.9. The SMILES string of the molecule is CCCC(=NOCC)C1=C(O)CC(c2c(Br)c(C)c(C)c3c2CCC3)CC1=O. The first-order chi connectivity index (χ1) is 13.4. The summed E-state index contributed by atoms with van der Waals surface area (Å²) < 4.78 is 1.11. The number of Topliss-reactive ketones (excluding diaryl/α,β-unsaturated/α-hetero) is 1. The van der Waals surface area contributed by atoms with Crippen LogP contribution in [0.5, 0.6) is 0 Å². The highest BCUT2D eigenvalue weighted by molar-refractivity contribution is 9.10. The lowest BCUT2D eigenvalue weighted by Gasteiger charge is -2.28. The zero-order valence-electron chi connectivity index (χ0n) is 17.3. The number of oxime groups is 1. The number of carbonyl (C=O) groups excluding carboxylic acids is 1. The summed E-state index contributed by atoms with van der Waals surface area (Å²) in [5, 5.41) is 15.0. The molecule has 0 saturated carbocycles. The van der Waals surface area contributed by atoms with Crippen molar-refractivity contribution >= 4 is 27.4 Å². The summed E-state index contributed by atoms with van der Waals surface area (Å²) in [4.78, 5) is 18.3. The lowest BCUT2D eigenvalue weighted by molar-refractivity contribution is -0.116. The Bertz CT molecular complexity index is 854. The second-order valence-corrected chi connectivity index (χ2v) is 8.64. The first kappa shape index (κ1) is 21.1. The van der Waals surface area contributed by atoms with Gasteiger partial charge in [-0.1, -0.05) is 34.4 Å². The van der Waals surface area contributed by atoms with Crippen LogP contribution < -0.4 is 0 Å². The largest absolute Gasteiger partial charge is 0.511 e. The van der Waals surface area contributed by atoms with Crippen LogP contribution in [-0.4, -0.2) is 23.2 Å². The second-order valence-electron chi connectivity index (χ2n) is 7.84. The molecule has 1 aromatic rings. The van der Waals surface area contributed by atoms with Crippen molar-refractivity contribution in [3.63, 3.8) is 0 Å². The molecule has 0 saturated heterocycles. The smallest absolute Gasteiger partial charge is 0.168 e. The number of ketones is 1. The number of hydrogen-bond acceptors (Lipinski definition) is 4. The Morgan fingerprint density at radius 1 is 1.18 bits per heavy atom. The Morgan fingerprint density at radius 2 is 1.89 bits per heavy atom. The Morgan fingerprint density at radius 3 is 2.54 bits per heavy atom. The van der Waals surface area contributed by atoms with Crippen LogP contribution in [0, 0.1) is 13.8 Å². The highest BCUT2D eigenvalue weighted by Crippen LogP contribution is 2.45. The van der Waals surface area contributed by atoms with Crippen LogP contribution in [0.1, 0.15) is 79.7 Å². The Balaban J connectivity index is 2.02. The molecular weight excluding hydrogens is 418 g/mol. The minimum Gasteiger partial charge on any atom is -0.511 e. The summed E-state index contributed by atoms with van der Waals surface area (Å²) in [5.74, 6) is 0.134. The average Bonchev–Trinajstić information content (AvgIpc) is 3.13. The van der Waals surface area contributed by atoms with Crippen LogP contribution in [-0.2, 0) is 22.5 Å². The van der Waals surface area contributed by atoms with Gasteiger partial charge in [0.2, 0.25) is 0 Å². The second kappa shape index (κ2) is 8.81. The van der Waals surface area contributed by atoms with Gasteiger partial charge in [0.05, 0.1) is 11.3 Å². The molecule has 0 heterocycles. The van der Waals surface area contributed by atoms with Crippen LogP contribution in [0.25, 0.3) is 0 Å². The van der Waals surface area contributed by atoms with Crippen molar-refractivity contribution in [2.75, 3.05) is 6.61 Å². The van der Waals surface area contributed by atoms with Gasteiger partial charge in [-0.3, -0.25) is 4.79 Å². The van der Waals surface area contributed by atoms with E-state index in [9.17, 15) is 9.90 Å². The number of allylic oxidation sites excluding steroid dienone is 2. The van der Waals surface area contributed by atoms with Crippen LogP contribution in [0.3, 0.4) is 0 Å². The number of nitrogens with zero attached hydrogens (tertiary/aromatic N) is 1. The van der Waals surface area contributed by atoms with Gasteiger partial charge in [0.25, 0.3) is 0 Å². The normalized spacial score (nSPS) is 20.0. The molecule has 5 heteroatoms. The molecule has 4 nitrogen and oxygen atoms in total. The predicted molar refractivity (Wildman–Crippen MR) is 116 cm³/mol. The summed E-state index contributed by atoms with van der Waals surface area (Å²) in [6.45, 7) is 8.67. The molecule has 0 aliphatic heterocycles. The molecule has 1 N–H and O–H groups in total. The van der Waals surface area contributed by atoms with Crippen LogP contribution in [0.4, 0.5) is 0 Å². The van der Waals surface area contributed by atoms with E-state index in [1.54, 1.807) is 0 Å². The van der Waals surface area contributed by atoms with E-state index in [-0.39, 0.29) is 17.5 Å². The van der Waals surface area contributed by atoms with E-state index in [1.165, 1.54) is 27.8 Å². The first-order valence-corrected chi connectivity index (χ1v) is 11.1. The summed E-state index contributed by atoms with van der Waals surface area (Å²) in [6, 6.07) is 0. The minimum atomic E-state index is -0.0301. The minimum absolute atomic E-state index is 0.00625. The number of aliphatic hydroxyl groups excluding tert-OH is 1. The molecule has 0 fully saturated rings. The van der Waals surface area contributed by atoms with E-state index in [4.69, 9.17) is 4.84 Å². The molecule has 0 radical (unpaired) electrons. The molecule has 1 unspecified atom stereocenters. The third kappa shape index (κ3) is 3.78. The molecule has 28 heavy (non-hydrogen) atoms. The van der Waals surface area contributed by atoms with Crippen molar-refractivity contribution in [2.24, 2.45) is 5.16 Å². The molecule has 1 atom stereocenters. The number of aliphatic hydroxyl groups is 1. The molecule has 2 aliphatic rings. The van der Waals surface area contributed by atoms with Crippen LogP contribution in [0.2, 0.25) is 0 Å². The summed E-state index contributed by atoms with van der Waals surface area (Å²) in [5.41, 5.74) is 7.63. The van der Waals surface area contributed by atoms with E-state index in [0.717, 1.165) is 30.2 Å². The highest BCUT2D eigenvalue weighted by Gasteiger charge is 2.35. The van der Waals surface area contributed by atoms with E-state index >= 15 is 0 Å². The maximum absolute atomic E-state index is 13.1. The summed E-state index contributed by atoms with van der Waals surface area (Å²) in [6.07, 6.45) is 5.67. The molecular formula is C23H30BrNO3. The van der Waals surface area contributed by atoms with Gasteiger partial charge >= 0.3 is 0 Å². The number of carbonyl (C=O) groups is 1. The maximum Gasteiger partial charge on any atom is 0.168 e. The van der Waals surface area contributed by atoms with Crippen LogP contribution in [0.15, 0.2) is 21.0 Å². The number of benzene rings is 1. The highest BCUT2D eigenvalue weighted by atomic mass is 79.9. The monoisotopic (exact) mass is 447 g/mol. The Kier molecular flexibility index (Phi) is 6.64. The van der Waals surface area contributed by atoms with Gasteiger partial charge in [-0.25, -0.2) is 0 Å². The number of fused-ring (bicyclic) bond motifs is 1. The molecule has 2 aliphatic carbocycles. The van der Waals surface area contributed by atoms with Gasteiger partial charge in [0, 0.05) is 17.3 Å². The van der Waals surface area contributed by atoms with Crippen molar-refractivity contribution < 1.29 is 14.7 Å². The topological polar surface area (TPSA) is 58.9 Å². The van der Waals surface area contributed by atoms with Gasteiger partial charge in [-0.15, -0.1) is 0 Å². The first-order valence-electron chi connectivity index (χ1n) is 10.3. The number of rotatable bonds is 6. The lowest BCUT2D eigenvalue weighted by atomic mass is 9.77. The number of hydrogen-bond donors (Lipinski definition) is 1. The molecule has 0 aromatic heterocycles. The molecule has 0 amide bonds. The third-order valence-electron chi connectivity index (χ3n) is 6.05. The van der Waals surface area contributed by atoms with Crippen molar-refractivity contribution in [3.8, 4) is 0 Å². The third-order valence-corrected chi connectivity index (χ3v) is 7.07. The van der Waals surface area contributed by atoms with E-state index in [0.29, 0.717) is 37.2 Å². The van der Waals surface area contributed by atoms with Crippen molar-refractivity contribution in [3.05, 3.63) is 43.6 Å². The summed E-state index contributed by atoms with van der Waals surface area (Å²) in [7, 11) is 0. The Labute approximate surface area is 176 Å². The molecule has 0 spiro atoms. The lowest BCUT2D eigenvalue weighted by Crippen LogP contribution is -2.25. The van der Waals surface area contributed by atoms with Crippen molar-refractivity contribution in [2.45, 2.75) is 78.6 Å². The van der Waals surface area contributed by atoms with Gasteiger partial charge in [-0.2, -0.15) is 0 Å². The molecule has 3 rings (SSSR count). The van der Waals surface area contributed by atoms with Crippen molar-refractivity contribution in [1.29, 1.82) is 0 Å². The Hall–Kier alpha value is -1.62. The van der Waals surface area contributed by atoms with Crippen molar-refractivity contribution in [1.82, 2.24) is 0 Å². The maximum atomic E-state index is 13.1. The van der Waals surface area contributed by atoms with E-state index in [1.807, 2.05) is 13.8 Å². The quantitative estimate of drug-likeness (QED) is 0.429. The van der Waals surface area contributed by atoms with E-state index in [2.05, 4.69) is 34.9 Å². The predicted octanol–water partition coefficient (Wildman–Crippen LogP) is 6.01. The summed E-state index contributed by atoms with van der Waals surface area (Å²) >= 11 is 3.81.